The second kappa shape index (κ2) is 8.06. The average Bonchev–Trinajstić information content (AvgIpc) is 3.02. The number of rotatable bonds is 6. The monoisotopic (exact) mass is 424 g/mol. The van der Waals surface area contributed by atoms with Gasteiger partial charge in [0, 0.05) is 12.1 Å². The van der Waals surface area contributed by atoms with Crippen molar-refractivity contribution in [1.29, 1.82) is 0 Å². The van der Waals surface area contributed by atoms with Crippen molar-refractivity contribution >= 4 is 28.6 Å². The third-order valence-electron chi connectivity index (χ3n) is 4.92. The highest BCUT2D eigenvalue weighted by molar-refractivity contribution is 6.32. The first-order valence-corrected chi connectivity index (χ1v) is 9.59. The Morgan fingerprint density at radius 1 is 1.24 bits per heavy atom. The Kier molecular flexibility index (Phi) is 5.89. The lowest BCUT2D eigenvalue weighted by Gasteiger charge is -2.12. The number of nitrogens with zero attached hydrogens (tertiary/aromatic N) is 2. The number of benzene rings is 2. The van der Waals surface area contributed by atoms with Crippen LogP contribution in [0.15, 0.2) is 36.4 Å². The Morgan fingerprint density at radius 2 is 1.90 bits per heavy atom. The summed E-state index contributed by atoms with van der Waals surface area (Å²) in [5, 5.41) is 8.62. The number of carboxylic acid groups (broad SMARTS) is 1. The molecule has 3 aromatic rings. The Hall–Kier alpha value is -2.54. The number of hydrogen-bond donors (Lipinski definition) is 1. The Labute approximate surface area is 170 Å². The van der Waals surface area contributed by atoms with Crippen molar-refractivity contribution in [2.45, 2.75) is 39.3 Å². The number of carboxylic acids is 1. The summed E-state index contributed by atoms with van der Waals surface area (Å²) in [5.74, 6) is -0.624. The number of halogens is 4. The van der Waals surface area contributed by atoms with E-state index in [2.05, 4.69) is 4.98 Å². The van der Waals surface area contributed by atoms with Crippen LogP contribution in [0.3, 0.4) is 0 Å². The topological polar surface area (TPSA) is 55.1 Å². The SMILES string of the molecule is CCc1nc2cc(C(F)(F)F)c(Cl)cc2n1-c1ccc(CCC(C)C(=O)O)cc1. The fourth-order valence-corrected chi connectivity index (χ4v) is 3.47. The molecule has 154 valence electrons. The third kappa shape index (κ3) is 4.40. The molecule has 0 aliphatic heterocycles. The quantitative estimate of drug-likeness (QED) is 0.535. The van der Waals surface area contributed by atoms with E-state index in [0.717, 1.165) is 17.3 Å². The van der Waals surface area contributed by atoms with Crippen molar-refractivity contribution in [1.82, 2.24) is 9.55 Å². The smallest absolute Gasteiger partial charge is 0.417 e. The second-order valence-corrected chi connectivity index (χ2v) is 7.39. The van der Waals surface area contributed by atoms with Crippen molar-refractivity contribution < 1.29 is 23.1 Å². The van der Waals surface area contributed by atoms with Gasteiger partial charge < -0.3 is 5.11 Å². The van der Waals surface area contributed by atoms with Crippen LogP contribution in [0.1, 0.15) is 37.2 Å². The maximum absolute atomic E-state index is 13.2. The highest BCUT2D eigenvalue weighted by Gasteiger charge is 2.34. The summed E-state index contributed by atoms with van der Waals surface area (Å²) in [7, 11) is 0. The summed E-state index contributed by atoms with van der Waals surface area (Å²) in [6, 6.07) is 9.77. The van der Waals surface area contributed by atoms with Crippen LogP contribution in [0, 0.1) is 5.92 Å². The molecule has 0 aliphatic rings. The molecule has 0 saturated carbocycles. The maximum Gasteiger partial charge on any atom is 0.417 e. The van der Waals surface area contributed by atoms with E-state index in [4.69, 9.17) is 16.7 Å². The van der Waals surface area contributed by atoms with E-state index in [0.29, 0.717) is 30.6 Å². The summed E-state index contributed by atoms with van der Waals surface area (Å²) in [5.41, 5.74) is 1.59. The van der Waals surface area contributed by atoms with E-state index in [1.165, 1.54) is 6.07 Å². The number of alkyl halides is 3. The van der Waals surface area contributed by atoms with Gasteiger partial charge in [0.1, 0.15) is 5.82 Å². The number of fused-ring (bicyclic) bond motifs is 1. The zero-order valence-electron chi connectivity index (χ0n) is 15.9. The predicted octanol–water partition coefficient (Wildman–Crippen LogP) is 5.91. The molecule has 2 aromatic carbocycles. The lowest BCUT2D eigenvalue weighted by Crippen LogP contribution is -2.10. The van der Waals surface area contributed by atoms with Gasteiger partial charge in [-0.2, -0.15) is 13.2 Å². The fraction of sp³-hybridized carbons (Fsp3) is 0.333. The molecule has 0 fully saturated rings. The summed E-state index contributed by atoms with van der Waals surface area (Å²) < 4.78 is 41.3. The number of aryl methyl sites for hydroxylation is 2. The van der Waals surface area contributed by atoms with E-state index in [1.54, 1.807) is 11.5 Å². The van der Waals surface area contributed by atoms with Crippen LogP contribution in [0.25, 0.3) is 16.7 Å². The second-order valence-electron chi connectivity index (χ2n) is 6.98. The molecule has 0 spiro atoms. The summed E-state index contributed by atoms with van der Waals surface area (Å²) in [6.07, 6.45) is -2.86. The molecule has 1 aromatic heterocycles. The van der Waals surface area contributed by atoms with E-state index in [-0.39, 0.29) is 10.5 Å². The van der Waals surface area contributed by atoms with E-state index in [9.17, 15) is 18.0 Å². The van der Waals surface area contributed by atoms with Gasteiger partial charge in [-0.05, 0) is 42.7 Å². The van der Waals surface area contributed by atoms with Gasteiger partial charge in [0.25, 0.3) is 0 Å². The Balaban J connectivity index is 1.98. The van der Waals surface area contributed by atoms with Crippen LogP contribution in [-0.4, -0.2) is 20.6 Å². The zero-order chi connectivity index (χ0) is 21.3. The first-order valence-electron chi connectivity index (χ1n) is 9.22. The third-order valence-corrected chi connectivity index (χ3v) is 5.23. The highest BCUT2D eigenvalue weighted by Crippen LogP contribution is 2.37. The molecular weight excluding hydrogens is 405 g/mol. The van der Waals surface area contributed by atoms with Crippen LogP contribution in [-0.2, 0) is 23.8 Å². The molecule has 29 heavy (non-hydrogen) atoms. The number of hydrogen-bond acceptors (Lipinski definition) is 2. The average molecular weight is 425 g/mol. The summed E-state index contributed by atoms with van der Waals surface area (Å²) in [4.78, 5) is 15.3. The summed E-state index contributed by atoms with van der Waals surface area (Å²) in [6.45, 7) is 3.55. The minimum Gasteiger partial charge on any atom is -0.481 e. The van der Waals surface area contributed by atoms with E-state index in [1.807, 2.05) is 31.2 Å². The van der Waals surface area contributed by atoms with Crippen molar-refractivity contribution in [3.63, 3.8) is 0 Å². The molecule has 0 saturated heterocycles. The predicted molar refractivity (Wildman–Crippen MR) is 106 cm³/mol. The molecule has 0 amide bonds. The number of aromatic nitrogens is 2. The van der Waals surface area contributed by atoms with Gasteiger partial charge >= 0.3 is 12.1 Å². The molecule has 4 nitrogen and oxygen atoms in total. The van der Waals surface area contributed by atoms with Gasteiger partial charge in [-0.1, -0.05) is 37.6 Å². The molecule has 1 N–H and O–H groups in total. The van der Waals surface area contributed by atoms with Crippen molar-refractivity contribution in [2.24, 2.45) is 5.92 Å². The normalized spacial score (nSPS) is 13.0. The zero-order valence-corrected chi connectivity index (χ0v) is 16.7. The highest BCUT2D eigenvalue weighted by atomic mass is 35.5. The largest absolute Gasteiger partial charge is 0.481 e. The lowest BCUT2D eigenvalue weighted by atomic mass is 10.0. The minimum atomic E-state index is -4.55. The van der Waals surface area contributed by atoms with Crippen LogP contribution < -0.4 is 0 Å². The maximum atomic E-state index is 13.2. The molecule has 0 aliphatic carbocycles. The van der Waals surface area contributed by atoms with E-state index < -0.39 is 23.6 Å². The van der Waals surface area contributed by atoms with Gasteiger partial charge in [0.05, 0.1) is 27.5 Å². The molecular formula is C21H20ClF3N2O2. The molecule has 0 radical (unpaired) electrons. The number of imidazole rings is 1. The standard InChI is InChI=1S/C21H20ClF3N2O2/c1-3-19-26-17-10-15(21(23,24)25)16(22)11-18(17)27(19)14-8-6-13(7-9-14)5-4-12(2)20(28)29/h6-12H,3-5H2,1-2H3,(H,28,29). The van der Waals surface area contributed by atoms with Crippen molar-refractivity contribution in [2.75, 3.05) is 0 Å². The first-order chi connectivity index (χ1) is 13.6. The lowest BCUT2D eigenvalue weighted by molar-refractivity contribution is -0.141. The van der Waals surface area contributed by atoms with Gasteiger partial charge in [0.15, 0.2) is 0 Å². The number of carbonyl (C=O) groups is 1. The van der Waals surface area contributed by atoms with Gasteiger partial charge in [-0.15, -0.1) is 0 Å². The molecule has 1 unspecified atom stereocenters. The van der Waals surface area contributed by atoms with Crippen LogP contribution in [0.4, 0.5) is 13.2 Å². The molecule has 3 rings (SSSR count). The first kappa shape index (κ1) is 21.2. The van der Waals surface area contributed by atoms with Crippen LogP contribution in [0.2, 0.25) is 5.02 Å². The van der Waals surface area contributed by atoms with Gasteiger partial charge in [0.2, 0.25) is 0 Å². The van der Waals surface area contributed by atoms with E-state index >= 15 is 0 Å². The van der Waals surface area contributed by atoms with Crippen LogP contribution in [0.5, 0.6) is 0 Å². The summed E-state index contributed by atoms with van der Waals surface area (Å²) >= 11 is 5.91. The molecule has 8 heteroatoms. The fourth-order valence-electron chi connectivity index (χ4n) is 3.21. The minimum absolute atomic E-state index is 0.234. The van der Waals surface area contributed by atoms with Gasteiger partial charge in [-0.25, -0.2) is 4.98 Å². The molecule has 1 heterocycles. The Morgan fingerprint density at radius 3 is 2.45 bits per heavy atom. The van der Waals surface area contributed by atoms with Crippen molar-refractivity contribution in [3.05, 3.63) is 58.4 Å². The van der Waals surface area contributed by atoms with Gasteiger partial charge in [-0.3, -0.25) is 9.36 Å². The Bertz CT molecular complexity index is 1040. The molecule has 0 bridgehead atoms. The number of aliphatic carboxylic acids is 1. The van der Waals surface area contributed by atoms with Crippen molar-refractivity contribution in [3.8, 4) is 5.69 Å². The van der Waals surface area contributed by atoms with Crippen LogP contribution >= 0.6 is 11.6 Å². The molecule has 1 atom stereocenters.